The third-order valence-electron chi connectivity index (χ3n) is 3.11. The van der Waals surface area contributed by atoms with Gasteiger partial charge in [0.05, 0.1) is 6.61 Å². The van der Waals surface area contributed by atoms with Crippen LogP contribution in [0.15, 0.2) is 6.33 Å². The van der Waals surface area contributed by atoms with E-state index in [1.165, 1.54) is 24.1 Å². The van der Waals surface area contributed by atoms with E-state index in [0.29, 0.717) is 5.92 Å². The molecular formula is C14H23N3O. The second-order valence-electron chi connectivity index (χ2n) is 5.25. The molecule has 1 N–H and O–H groups in total. The average Bonchev–Trinajstić information content (AvgIpc) is 2.38. The number of aromatic nitrogens is 2. The number of aryl methyl sites for hydroxylation is 1. The Bertz CT molecular complexity index is 379. The topological polar surface area (TPSA) is 47.0 Å². The number of nitrogens with zero attached hydrogens (tertiary/aromatic N) is 2. The highest BCUT2D eigenvalue weighted by Crippen LogP contribution is 2.23. The van der Waals surface area contributed by atoms with Crippen molar-refractivity contribution in [1.29, 1.82) is 0 Å². The molecule has 18 heavy (non-hydrogen) atoms. The summed E-state index contributed by atoms with van der Waals surface area (Å²) in [5.41, 5.74) is 2.54. The molecule has 1 aliphatic rings. The fraction of sp³-hybridized carbons (Fsp3) is 0.714. The highest BCUT2D eigenvalue weighted by atomic mass is 16.5. The maximum absolute atomic E-state index is 5.55. The Morgan fingerprint density at radius 1 is 1.28 bits per heavy atom. The first-order valence-corrected chi connectivity index (χ1v) is 6.91. The molecule has 1 heterocycles. The van der Waals surface area contributed by atoms with E-state index in [1.807, 2.05) is 0 Å². The molecule has 0 spiro atoms. The fourth-order valence-corrected chi connectivity index (χ4v) is 2.23. The van der Waals surface area contributed by atoms with Gasteiger partial charge >= 0.3 is 0 Å². The zero-order valence-electron chi connectivity index (χ0n) is 11.4. The second-order valence-corrected chi connectivity index (χ2v) is 5.25. The van der Waals surface area contributed by atoms with Crippen LogP contribution in [0.4, 0.5) is 5.82 Å². The molecule has 0 aliphatic heterocycles. The molecule has 2 rings (SSSR count). The zero-order chi connectivity index (χ0) is 12.8. The second kappa shape index (κ2) is 6.69. The van der Waals surface area contributed by atoms with Gasteiger partial charge in [0.2, 0.25) is 0 Å². The Kier molecular flexibility index (Phi) is 4.93. The Balaban J connectivity index is 1.82. The number of nitrogens with one attached hydrogen (secondary N) is 1. The predicted octanol–water partition coefficient (Wildman–Crippen LogP) is 2.44. The zero-order valence-corrected chi connectivity index (χ0v) is 11.4. The first kappa shape index (κ1) is 13.3. The Hall–Kier alpha value is -1.16. The summed E-state index contributed by atoms with van der Waals surface area (Å²) < 4.78 is 5.55. The van der Waals surface area contributed by atoms with E-state index in [4.69, 9.17) is 4.74 Å². The summed E-state index contributed by atoms with van der Waals surface area (Å²) in [4.78, 5) is 8.71. The molecule has 0 atom stereocenters. The highest BCUT2D eigenvalue weighted by molar-refractivity contribution is 5.46. The minimum absolute atomic E-state index is 0.594. The van der Waals surface area contributed by atoms with Crippen LogP contribution in [0.1, 0.15) is 37.9 Å². The molecule has 100 valence electrons. The van der Waals surface area contributed by atoms with Gasteiger partial charge < -0.3 is 10.1 Å². The van der Waals surface area contributed by atoms with Crippen LogP contribution >= 0.6 is 0 Å². The van der Waals surface area contributed by atoms with Gasteiger partial charge in [-0.3, -0.25) is 0 Å². The highest BCUT2D eigenvalue weighted by Gasteiger charge is 2.14. The van der Waals surface area contributed by atoms with Crippen LogP contribution in [-0.2, 0) is 17.6 Å². The van der Waals surface area contributed by atoms with Crippen LogP contribution in [0.25, 0.3) is 0 Å². The van der Waals surface area contributed by atoms with Crippen LogP contribution in [0.2, 0.25) is 0 Å². The third-order valence-corrected chi connectivity index (χ3v) is 3.11. The van der Waals surface area contributed by atoms with Crippen molar-refractivity contribution in [3.05, 3.63) is 17.6 Å². The molecule has 4 heteroatoms. The van der Waals surface area contributed by atoms with Gasteiger partial charge in [-0.2, -0.15) is 0 Å². The van der Waals surface area contributed by atoms with E-state index in [-0.39, 0.29) is 0 Å². The van der Waals surface area contributed by atoms with Gasteiger partial charge in [0.15, 0.2) is 0 Å². The summed E-state index contributed by atoms with van der Waals surface area (Å²) >= 11 is 0. The van der Waals surface area contributed by atoms with Crippen molar-refractivity contribution >= 4 is 5.82 Å². The first-order valence-electron chi connectivity index (χ1n) is 6.91. The van der Waals surface area contributed by atoms with Crippen LogP contribution in [0.5, 0.6) is 0 Å². The first-order chi connectivity index (χ1) is 8.77. The van der Waals surface area contributed by atoms with Crippen molar-refractivity contribution < 1.29 is 4.74 Å². The van der Waals surface area contributed by atoms with Crippen molar-refractivity contribution in [3.63, 3.8) is 0 Å². The minimum Gasteiger partial charge on any atom is -0.379 e. The molecule has 1 aromatic rings. The lowest BCUT2D eigenvalue weighted by atomic mass is 9.96. The third kappa shape index (κ3) is 3.67. The van der Waals surface area contributed by atoms with Crippen LogP contribution < -0.4 is 5.32 Å². The molecule has 0 aromatic carbocycles. The number of ether oxygens (including phenoxy) is 1. The number of rotatable bonds is 6. The molecule has 4 nitrogen and oxygen atoms in total. The van der Waals surface area contributed by atoms with Crippen molar-refractivity contribution in [2.24, 2.45) is 5.92 Å². The van der Waals surface area contributed by atoms with E-state index >= 15 is 0 Å². The minimum atomic E-state index is 0.594. The number of anilines is 1. The standard InChI is InChI=1S/C14H23N3O/c1-11(2)9-18-8-7-15-14-12-5-3-4-6-13(12)16-10-17-14/h10-11H,3-9H2,1-2H3,(H,15,16,17). The van der Waals surface area contributed by atoms with E-state index in [9.17, 15) is 0 Å². The van der Waals surface area contributed by atoms with E-state index in [1.54, 1.807) is 6.33 Å². The van der Waals surface area contributed by atoms with Crippen molar-refractivity contribution in [2.75, 3.05) is 25.1 Å². The molecule has 0 saturated carbocycles. The molecule has 0 unspecified atom stereocenters. The van der Waals surface area contributed by atoms with Gasteiger partial charge in [0.1, 0.15) is 12.1 Å². The molecular weight excluding hydrogens is 226 g/mol. The lowest BCUT2D eigenvalue weighted by Crippen LogP contribution is -2.16. The summed E-state index contributed by atoms with van der Waals surface area (Å²) in [6.07, 6.45) is 6.36. The summed E-state index contributed by atoms with van der Waals surface area (Å²) in [5, 5.41) is 3.37. The van der Waals surface area contributed by atoms with E-state index < -0.39 is 0 Å². The predicted molar refractivity (Wildman–Crippen MR) is 72.8 cm³/mol. The van der Waals surface area contributed by atoms with E-state index in [2.05, 4.69) is 29.1 Å². The lowest BCUT2D eigenvalue weighted by Gasteiger charge is -2.18. The van der Waals surface area contributed by atoms with Crippen LogP contribution in [0, 0.1) is 5.92 Å². The molecule has 0 amide bonds. The van der Waals surface area contributed by atoms with Gasteiger partial charge in [0, 0.05) is 24.4 Å². The smallest absolute Gasteiger partial charge is 0.132 e. The maximum atomic E-state index is 5.55. The molecule has 1 aromatic heterocycles. The lowest BCUT2D eigenvalue weighted by molar-refractivity contribution is 0.118. The van der Waals surface area contributed by atoms with Crippen molar-refractivity contribution in [1.82, 2.24) is 9.97 Å². The number of hydrogen-bond donors (Lipinski definition) is 1. The number of fused-ring (bicyclic) bond motifs is 1. The normalized spacial score (nSPS) is 14.6. The van der Waals surface area contributed by atoms with Gasteiger partial charge in [-0.25, -0.2) is 9.97 Å². The quantitative estimate of drug-likeness (QED) is 0.787. The Morgan fingerprint density at radius 2 is 2.11 bits per heavy atom. The van der Waals surface area contributed by atoms with Crippen molar-refractivity contribution in [2.45, 2.75) is 39.5 Å². The van der Waals surface area contributed by atoms with Crippen LogP contribution in [-0.4, -0.2) is 29.7 Å². The van der Waals surface area contributed by atoms with Gasteiger partial charge in [-0.15, -0.1) is 0 Å². The molecule has 0 radical (unpaired) electrons. The maximum Gasteiger partial charge on any atom is 0.132 e. The van der Waals surface area contributed by atoms with E-state index in [0.717, 1.165) is 38.4 Å². The Morgan fingerprint density at radius 3 is 2.94 bits per heavy atom. The summed E-state index contributed by atoms with van der Waals surface area (Å²) in [5.74, 6) is 1.60. The number of hydrogen-bond acceptors (Lipinski definition) is 4. The van der Waals surface area contributed by atoms with Gasteiger partial charge in [-0.1, -0.05) is 13.8 Å². The molecule has 1 aliphatic carbocycles. The SMILES string of the molecule is CC(C)COCCNc1ncnc2c1CCCC2. The van der Waals surface area contributed by atoms with Crippen LogP contribution in [0.3, 0.4) is 0 Å². The average molecular weight is 249 g/mol. The fourth-order valence-electron chi connectivity index (χ4n) is 2.23. The summed E-state index contributed by atoms with van der Waals surface area (Å²) in [7, 11) is 0. The van der Waals surface area contributed by atoms with Gasteiger partial charge in [-0.05, 0) is 31.6 Å². The summed E-state index contributed by atoms with van der Waals surface area (Å²) in [6.45, 7) is 6.69. The monoisotopic (exact) mass is 249 g/mol. The van der Waals surface area contributed by atoms with Crippen molar-refractivity contribution in [3.8, 4) is 0 Å². The van der Waals surface area contributed by atoms with Gasteiger partial charge in [0.25, 0.3) is 0 Å². The summed E-state index contributed by atoms with van der Waals surface area (Å²) in [6, 6.07) is 0. The molecule has 0 fully saturated rings. The Labute approximate surface area is 109 Å². The largest absolute Gasteiger partial charge is 0.379 e. The molecule has 0 bridgehead atoms. The molecule has 0 saturated heterocycles.